The van der Waals surface area contributed by atoms with Crippen molar-refractivity contribution in [1.82, 2.24) is 10.2 Å². The monoisotopic (exact) mass is 221 g/mol. The molecule has 0 aromatic carbocycles. The van der Waals surface area contributed by atoms with E-state index in [1.807, 2.05) is 4.84 Å². The summed E-state index contributed by atoms with van der Waals surface area (Å²) >= 11 is 4.91. The quantitative estimate of drug-likeness (QED) is 0.217. The molecule has 0 saturated carbocycles. The number of hydrogen-bond donors (Lipinski definition) is 5. The molecular weight excluding hydrogens is 202 g/mol. The molecule has 0 aromatic heterocycles. The van der Waals surface area contributed by atoms with Crippen LogP contribution in [0.2, 0.25) is 0 Å². The molecule has 0 aliphatic carbocycles. The van der Waals surface area contributed by atoms with Crippen LogP contribution in [0, 0.1) is 10.8 Å². The van der Waals surface area contributed by atoms with E-state index in [2.05, 4.69) is 19.2 Å². The molecule has 0 radical (unpaired) electrons. The van der Waals surface area contributed by atoms with Crippen LogP contribution in [-0.2, 0) is 0 Å². The van der Waals surface area contributed by atoms with Crippen LogP contribution in [0.25, 0.3) is 0 Å². The number of hydrogen-bond acceptors (Lipinski definition) is 2. The number of nitrogens with one attached hydrogen (secondary N) is 4. The lowest BCUT2D eigenvalue weighted by molar-refractivity contribution is 0.702. The summed E-state index contributed by atoms with van der Waals surface area (Å²) in [7, 11) is 0. The van der Waals surface area contributed by atoms with Crippen molar-refractivity contribution in [1.29, 1.82) is 10.8 Å². The number of unbranched alkanes of at least 4 members (excludes halogenated alkanes) is 3. The van der Waals surface area contributed by atoms with Gasteiger partial charge in [0.25, 0.3) is 0 Å². The molecule has 0 amide bonds. The molecule has 0 heterocycles. The molecule has 84 valence electrons. The van der Waals surface area contributed by atoms with Gasteiger partial charge in [0.15, 0.2) is 5.96 Å². The van der Waals surface area contributed by atoms with Crippen molar-refractivity contribution in [3.8, 4) is 0 Å². The molecule has 0 saturated heterocycles. The Balaban J connectivity index is 0. The Kier molecular flexibility index (Phi) is 13.3. The minimum atomic E-state index is -0.317. The van der Waals surface area contributed by atoms with Gasteiger partial charge in [-0.25, -0.2) is 0 Å². The maximum absolute atomic E-state index is 6.69. The highest BCUT2D eigenvalue weighted by Crippen LogP contribution is 1.95. The third kappa shape index (κ3) is 17.2. The summed E-state index contributed by atoms with van der Waals surface area (Å²) in [5.74, 6) is -0.526. The molecule has 0 bridgehead atoms. The van der Waals surface area contributed by atoms with Gasteiger partial charge in [0, 0.05) is 11.8 Å². The van der Waals surface area contributed by atoms with E-state index in [9.17, 15) is 0 Å². The average Bonchev–Trinajstić information content (AvgIpc) is 2.14. The second-order valence-electron chi connectivity index (χ2n) is 2.72. The molecule has 0 aliphatic heterocycles. The minimum Gasteiger partial charge on any atom is -0.370 e. The molecule has 5 nitrogen and oxygen atoms in total. The maximum atomic E-state index is 6.69. The Hall–Kier alpha value is -0.970. The Morgan fingerprint density at radius 1 is 1.21 bits per heavy atom. The fraction of sp³-hybridized carbons (Fsp3) is 0.750. The van der Waals surface area contributed by atoms with Crippen LogP contribution < -0.4 is 15.9 Å². The molecule has 0 unspecified atom stereocenters. The van der Waals surface area contributed by atoms with Gasteiger partial charge in [-0.15, -0.1) is 0 Å². The van der Waals surface area contributed by atoms with Gasteiger partial charge >= 0.3 is 0 Å². The van der Waals surface area contributed by atoms with Gasteiger partial charge in [0.1, 0.15) is 0 Å². The molecule has 0 spiro atoms. The zero-order chi connectivity index (χ0) is 11.4. The first-order chi connectivity index (χ1) is 6.58. The predicted molar refractivity (Wildman–Crippen MR) is 61.6 cm³/mol. The van der Waals surface area contributed by atoms with Crippen LogP contribution in [0.1, 0.15) is 39.5 Å². The summed E-state index contributed by atoms with van der Waals surface area (Å²) in [6, 6.07) is 0. The summed E-state index contributed by atoms with van der Waals surface area (Å²) in [4.78, 5) is 1.92. The fourth-order valence-electron chi connectivity index (χ4n) is 0.658. The molecule has 6 N–H and O–H groups in total. The highest BCUT2D eigenvalue weighted by Gasteiger charge is 1.89. The van der Waals surface area contributed by atoms with E-state index in [1.54, 1.807) is 0 Å². The van der Waals surface area contributed by atoms with Crippen LogP contribution in [0.4, 0.5) is 0 Å². The molecule has 6 heteroatoms. The lowest BCUT2D eigenvalue weighted by Crippen LogP contribution is -2.39. The third-order valence-electron chi connectivity index (χ3n) is 1.31. The van der Waals surface area contributed by atoms with Gasteiger partial charge in [0.05, 0.1) is 0 Å². The lowest BCUT2D eigenvalue weighted by atomic mass is 10.2. The lowest BCUT2D eigenvalue weighted by Gasteiger charge is -1.99. The Bertz CT molecular complexity index is 156. The van der Waals surface area contributed by atoms with E-state index in [0.29, 0.717) is 0 Å². The molecular formula is C8H20ClN5. The topological polar surface area (TPSA) is 97.8 Å². The van der Waals surface area contributed by atoms with Crippen molar-refractivity contribution < 1.29 is 0 Å². The SMILES string of the molecule is CCCCCC.N=C(N)NC(=N)NCl. The van der Waals surface area contributed by atoms with E-state index in [4.69, 9.17) is 28.3 Å². The van der Waals surface area contributed by atoms with Crippen molar-refractivity contribution in [2.24, 2.45) is 5.73 Å². The largest absolute Gasteiger partial charge is 0.370 e. The van der Waals surface area contributed by atoms with E-state index in [-0.39, 0.29) is 11.9 Å². The minimum absolute atomic E-state index is 0.209. The predicted octanol–water partition coefficient (Wildman–Crippen LogP) is 1.73. The Morgan fingerprint density at radius 3 is 1.79 bits per heavy atom. The standard InChI is InChI=1S/C6H14.C2H6ClN5/c1-3-5-6-4-2;3-8-2(6)7-1(4)5/h3-6H2,1-2H3;(H6,4,5,6,7,8). The third-order valence-corrected chi connectivity index (χ3v) is 1.50. The normalized spacial score (nSPS) is 8.21. The van der Waals surface area contributed by atoms with Gasteiger partial charge in [0.2, 0.25) is 5.96 Å². The summed E-state index contributed by atoms with van der Waals surface area (Å²) < 4.78 is 0. The van der Waals surface area contributed by atoms with Crippen LogP contribution >= 0.6 is 11.8 Å². The van der Waals surface area contributed by atoms with E-state index in [0.717, 1.165) is 0 Å². The van der Waals surface area contributed by atoms with Crippen molar-refractivity contribution in [2.75, 3.05) is 0 Å². The molecule has 0 fully saturated rings. The van der Waals surface area contributed by atoms with Gasteiger partial charge in [-0.1, -0.05) is 39.5 Å². The van der Waals surface area contributed by atoms with Gasteiger partial charge in [-0.05, 0) is 0 Å². The first kappa shape index (κ1) is 15.5. The highest BCUT2D eigenvalue weighted by molar-refractivity contribution is 6.22. The zero-order valence-corrected chi connectivity index (χ0v) is 9.54. The maximum Gasteiger partial charge on any atom is 0.210 e. The van der Waals surface area contributed by atoms with Gasteiger partial charge in [-0.3, -0.25) is 21.0 Å². The van der Waals surface area contributed by atoms with Crippen LogP contribution in [0.5, 0.6) is 0 Å². The average molecular weight is 222 g/mol. The molecule has 0 aliphatic rings. The smallest absolute Gasteiger partial charge is 0.210 e. The van der Waals surface area contributed by atoms with Crippen molar-refractivity contribution in [2.45, 2.75) is 39.5 Å². The first-order valence-electron chi connectivity index (χ1n) is 4.64. The van der Waals surface area contributed by atoms with Crippen molar-refractivity contribution in [3.63, 3.8) is 0 Å². The first-order valence-corrected chi connectivity index (χ1v) is 5.02. The highest BCUT2D eigenvalue weighted by atomic mass is 35.5. The second-order valence-corrected chi connectivity index (χ2v) is 2.90. The zero-order valence-electron chi connectivity index (χ0n) is 8.78. The number of guanidine groups is 2. The fourth-order valence-corrected chi connectivity index (χ4v) is 0.706. The van der Waals surface area contributed by atoms with Gasteiger partial charge < -0.3 is 5.73 Å². The Labute approximate surface area is 90.5 Å². The summed E-state index contributed by atoms with van der Waals surface area (Å²) in [5.41, 5.74) is 4.80. The molecule has 0 aromatic rings. The van der Waals surface area contributed by atoms with E-state index < -0.39 is 0 Å². The van der Waals surface area contributed by atoms with Gasteiger partial charge in [-0.2, -0.15) is 0 Å². The molecule has 0 rings (SSSR count). The second kappa shape index (κ2) is 12.0. The van der Waals surface area contributed by atoms with Crippen molar-refractivity contribution >= 4 is 23.7 Å². The summed E-state index contributed by atoms with van der Waals surface area (Å²) in [6.07, 6.45) is 5.54. The summed E-state index contributed by atoms with van der Waals surface area (Å²) in [5, 5.41) is 15.3. The number of halogens is 1. The summed E-state index contributed by atoms with van der Waals surface area (Å²) in [6.45, 7) is 4.46. The van der Waals surface area contributed by atoms with E-state index in [1.165, 1.54) is 25.7 Å². The van der Waals surface area contributed by atoms with Crippen LogP contribution in [-0.4, -0.2) is 11.9 Å². The van der Waals surface area contributed by atoms with Crippen LogP contribution in [0.3, 0.4) is 0 Å². The molecule has 0 atom stereocenters. The van der Waals surface area contributed by atoms with Crippen LogP contribution in [0.15, 0.2) is 0 Å². The number of nitrogens with two attached hydrogens (primary N) is 1. The van der Waals surface area contributed by atoms with E-state index >= 15 is 0 Å². The number of rotatable bonds is 3. The Morgan fingerprint density at radius 2 is 1.64 bits per heavy atom. The molecule has 14 heavy (non-hydrogen) atoms. The van der Waals surface area contributed by atoms with Crippen molar-refractivity contribution in [3.05, 3.63) is 0 Å².